The van der Waals surface area contributed by atoms with Crippen LogP contribution in [0.4, 0.5) is 0 Å². The van der Waals surface area contributed by atoms with Gasteiger partial charge in [0.2, 0.25) is 0 Å². The van der Waals surface area contributed by atoms with Crippen molar-refractivity contribution in [1.82, 2.24) is 19.3 Å². The first-order chi connectivity index (χ1) is 22.3. The molecule has 0 saturated heterocycles. The average molecular weight is 798 g/mol. The van der Waals surface area contributed by atoms with E-state index < -0.39 is 0 Å². The zero-order valence-electron chi connectivity index (χ0n) is 27.6. The monoisotopic (exact) mass is 797 g/mol. The third kappa shape index (κ3) is 6.29. The molecule has 0 N–H and O–H groups in total. The van der Waals surface area contributed by atoms with Gasteiger partial charge in [0.05, 0.1) is 5.69 Å². The maximum absolute atomic E-state index is 6.45. The van der Waals surface area contributed by atoms with Crippen LogP contribution < -0.4 is 4.74 Å². The van der Waals surface area contributed by atoms with Gasteiger partial charge in [0.15, 0.2) is 0 Å². The topological polar surface area (TPSA) is 44.9 Å². The molecule has 238 valence electrons. The van der Waals surface area contributed by atoms with Crippen molar-refractivity contribution in [1.29, 1.82) is 0 Å². The minimum atomic E-state index is 0. The molecule has 3 aromatic heterocycles. The molecule has 0 unspecified atom stereocenters. The number of ether oxygens (including phenoxy) is 1. The molecule has 0 spiro atoms. The molecule has 0 aliphatic rings. The van der Waals surface area contributed by atoms with Crippen LogP contribution in [0.15, 0.2) is 97.2 Å². The van der Waals surface area contributed by atoms with Crippen molar-refractivity contribution < 1.29 is 25.8 Å². The van der Waals surface area contributed by atoms with E-state index in [-0.39, 0.29) is 21.1 Å². The molecule has 4 aromatic carbocycles. The Morgan fingerprint density at radius 1 is 0.787 bits per heavy atom. The SMILES string of the molecule is Cc1nn(-c2[c-]c(Oc3[c-]c4c(cc3)c3cc(C(C)C)ccc3n4-c3cc(CC(C)C)ccn3)ccc2)c(C)c1-c1ccccc1.[Pt+2]. The maximum atomic E-state index is 6.45. The molecule has 0 bridgehead atoms. The molecule has 0 aliphatic carbocycles. The van der Waals surface area contributed by atoms with Crippen LogP contribution in [0.1, 0.15) is 56.1 Å². The van der Waals surface area contributed by atoms with Gasteiger partial charge in [-0.25, -0.2) is 4.98 Å². The summed E-state index contributed by atoms with van der Waals surface area (Å²) in [6.07, 6.45) is 2.91. The van der Waals surface area contributed by atoms with Crippen LogP contribution >= 0.6 is 0 Å². The van der Waals surface area contributed by atoms with E-state index in [2.05, 4.69) is 112 Å². The third-order valence-corrected chi connectivity index (χ3v) is 8.58. The number of nitrogens with zero attached hydrogens (tertiary/aromatic N) is 4. The normalized spacial score (nSPS) is 11.5. The maximum Gasteiger partial charge on any atom is 2.00 e. The molecule has 7 aromatic rings. The molecule has 0 amide bonds. The van der Waals surface area contributed by atoms with Gasteiger partial charge in [0.25, 0.3) is 0 Å². The zero-order chi connectivity index (χ0) is 31.9. The van der Waals surface area contributed by atoms with Gasteiger partial charge in [-0.15, -0.1) is 35.7 Å². The van der Waals surface area contributed by atoms with Crippen LogP contribution in [0.25, 0.3) is 44.4 Å². The van der Waals surface area contributed by atoms with E-state index in [4.69, 9.17) is 14.8 Å². The summed E-state index contributed by atoms with van der Waals surface area (Å²) in [6, 6.07) is 38.5. The number of aryl methyl sites for hydroxylation is 1. The van der Waals surface area contributed by atoms with E-state index in [9.17, 15) is 0 Å². The van der Waals surface area contributed by atoms with Crippen molar-refractivity contribution in [2.75, 3.05) is 0 Å². The van der Waals surface area contributed by atoms with Gasteiger partial charge in [-0.3, -0.25) is 4.68 Å². The second-order valence-corrected chi connectivity index (χ2v) is 12.8. The second-order valence-electron chi connectivity index (χ2n) is 12.8. The molecule has 0 saturated carbocycles. The summed E-state index contributed by atoms with van der Waals surface area (Å²) in [6.45, 7) is 13.1. The Balaban J connectivity index is 0.00000386. The summed E-state index contributed by atoms with van der Waals surface area (Å²) in [5.41, 5.74) is 9.76. The molecule has 0 radical (unpaired) electrons. The van der Waals surface area contributed by atoms with Crippen LogP contribution in [0.3, 0.4) is 0 Å². The summed E-state index contributed by atoms with van der Waals surface area (Å²) < 4.78 is 10.6. The molecule has 7 rings (SSSR count). The van der Waals surface area contributed by atoms with Gasteiger partial charge in [0.1, 0.15) is 5.82 Å². The van der Waals surface area contributed by atoms with Crippen molar-refractivity contribution >= 4 is 21.8 Å². The molecule has 3 heterocycles. The fourth-order valence-electron chi connectivity index (χ4n) is 6.42. The first-order valence-corrected chi connectivity index (χ1v) is 16.0. The quantitative estimate of drug-likeness (QED) is 0.144. The first-order valence-electron chi connectivity index (χ1n) is 16.0. The Hall–Kier alpha value is -4.47. The number of benzene rings is 4. The number of rotatable bonds is 8. The fraction of sp³-hybridized carbons (Fsp3) is 0.220. The Labute approximate surface area is 291 Å². The Morgan fingerprint density at radius 3 is 2.34 bits per heavy atom. The van der Waals surface area contributed by atoms with Crippen LogP contribution in [-0.2, 0) is 27.5 Å². The van der Waals surface area contributed by atoms with Gasteiger partial charge >= 0.3 is 21.1 Å². The number of aromatic nitrogens is 4. The van der Waals surface area contributed by atoms with Crippen LogP contribution in [-0.4, -0.2) is 19.3 Å². The largest absolute Gasteiger partial charge is 2.00 e. The van der Waals surface area contributed by atoms with Gasteiger partial charge in [-0.2, -0.15) is 17.2 Å². The smallest absolute Gasteiger partial charge is 0.509 e. The standard InChI is InChI=1S/C41H38N4O.Pt/c1-26(2)21-30-19-20-42-40(22-30)44-38-18-15-32(27(3)4)23-37(38)36-17-16-35(25-39(36)44)46-34-14-10-13-33(24-34)45-29(6)41(28(5)43-45)31-11-8-7-9-12-31;/h7-20,22-23,26-27H,21H2,1-6H3;/q-2;+2. The summed E-state index contributed by atoms with van der Waals surface area (Å²) in [5, 5.41) is 7.18. The van der Waals surface area contributed by atoms with Gasteiger partial charge in [0, 0.05) is 34.5 Å². The van der Waals surface area contributed by atoms with Crippen molar-refractivity contribution in [3.63, 3.8) is 0 Å². The Morgan fingerprint density at radius 2 is 1.57 bits per heavy atom. The van der Waals surface area contributed by atoms with E-state index in [0.29, 0.717) is 23.3 Å². The summed E-state index contributed by atoms with van der Waals surface area (Å²) in [7, 11) is 0. The molecular formula is C41H38N4OPt. The number of hydrogen-bond donors (Lipinski definition) is 0. The minimum Gasteiger partial charge on any atom is -0.509 e. The van der Waals surface area contributed by atoms with Crippen molar-refractivity contribution in [3.05, 3.63) is 132 Å². The molecule has 5 nitrogen and oxygen atoms in total. The molecule has 0 aliphatic heterocycles. The second kappa shape index (κ2) is 13.3. The molecule has 0 atom stereocenters. The van der Waals surface area contributed by atoms with Crippen LogP contribution in [0, 0.1) is 31.9 Å². The number of hydrogen-bond acceptors (Lipinski definition) is 3. The summed E-state index contributed by atoms with van der Waals surface area (Å²) in [4.78, 5) is 4.83. The van der Waals surface area contributed by atoms with E-state index >= 15 is 0 Å². The van der Waals surface area contributed by atoms with Crippen molar-refractivity contribution in [3.8, 4) is 34.1 Å². The molecule has 6 heteroatoms. The fourth-order valence-corrected chi connectivity index (χ4v) is 6.42. The zero-order valence-corrected chi connectivity index (χ0v) is 29.9. The third-order valence-electron chi connectivity index (χ3n) is 8.58. The first kappa shape index (κ1) is 32.5. The Kier molecular flexibility index (Phi) is 9.21. The number of fused-ring (bicyclic) bond motifs is 3. The van der Waals surface area contributed by atoms with E-state index in [0.717, 1.165) is 56.9 Å². The molecule has 47 heavy (non-hydrogen) atoms. The minimum absolute atomic E-state index is 0. The predicted octanol–water partition coefficient (Wildman–Crippen LogP) is 10.4. The van der Waals surface area contributed by atoms with Crippen LogP contribution in [0.2, 0.25) is 0 Å². The van der Waals surface area contributed by atoms with Gasteiger partial charge in [-0.1, -0.05) is 75.7 Å². The van der Waals surface area contributed by atoms with Crippen molar-refractivity contribution in [2.24, 2.45) is 5.92 Å². The van der Waals surface area contributed by atoms with Gasteiger partial charge in [-0.05, 0) is 78.1 Å². The predicted molar refractivity (Wildman–Crippen MR) is 187 cm³/mol. The van der Waals surface area contributed by atoms with E-state index in [1.54, 1.807) is 0 Å². The Bertz CT molecular complexity index is 2190. The average Bonchev–Trinajstić information content (AvgIpc) is 3.53. The summed E-state index contributed by atoms with van der Waals surface area (Å²) >= 11 is 0. The van der Waals surface area contributed by atoms with Crippen LogP contribution in [0.5, 0.6) is 11.5 Å². The van der Waals surface area contributed by atoms with E-state index in [1.807, 2.05) is 48.1 Å². The van der Waals surface area contributed by atoms with Crippen molar-refractivity contribution in [2.45, 2.75) is 53.9 Å². The molecule has 0 fully saturated rings. The van der Waals surface area contributed by atoms with Gasteiger partial charge < -0.3 is 9.30 Å². The van der Waals surface area contributed by atoms with E-state index in [1.165, 1.54) is 16.5 Å². The summed E-state index contributed by atoms with van der Waals surface area (Å²) in [5.74, 6) is 3.08. The number of pyridine rings is 1. The molecular weight excluding hydrogens is 760 g/mol.